The van der Waals surface area contributed by atoms with Crippen LogP contribution in [0.4, 0.5) is 11.4 Å². The van der Waals surface area contributed by atoms with Crippen LogP contribution in [-0.2, 0) is 4.79 Å². The predicted molar refractivity (Wildman–Crippen MR) is 88.4 cm³/mol. The van der Waals surface area contributed by atoms with E-state index in [4.69, 9.17) is 5.73 Å². The lowest BCUT2D eigenvalue weighted by Crippen LogP contribution is -2.28. The Labute approximate surface area is 130 Å². The van der Waals surface area contributed by atoms with E-state index < -0.39 is 5.91 Å². The first-order valence-electron chi connectivity index (χ1n) is 7.11. The molecule has 0 heterocycles. The molecule has 22 heavy (non-hydrogen) atoms. The highest BCUT2D eigenvalue weighted by atomic mass is 16.2. The Morgan fingerprint density at radius 3 is 1.77 bits per heavy atom. The van der Waals surface area contributed by atoms with Crippen molar-refractivity contribution in [3.63, 3.8) is 0 Å². The zero-order valence-corrected chi connectivity index (χ0v) is 13.3. The van der Waals surface area contributed by atoms with Gasteiger partial charge in [0.05, 0.1) is 16.9 Å². The maximum atomic E-state index is 12.4. The molecule has 0 aliphatic rings. The van der Waals surface area contributed by atoms with Gasteiger partial charge in [-0.3, -0.25) is 14.5 Å². The molecule has 0 saturated carbocycles. The van der Waals surface area contributed by atoms with E-state index in [1.165, 1.54) is 6.92 Å². The molecule has 0 spiro atoms. The molecule has 0 bridgehead atoms. The molecule has 2 aromatic rings. The number of benzene rings is 2. The van der Waals surface area contributed by atoms with Crippen LogP contribution in [0.25, 0.3) is 0 Å². The van der Waals surface area contributed by atoms with Crippen molar-refractivity contribution in [3.8, 4) is 0 Å². The predicted octanol–water partition coefficient (Wildman–Crippen LogP) is 3.40. The van der Waals surface area contributed by atoms with Crippen molar-refractivity contribution in [1.82, 2.24) is 0 Å². The highest BCUT2D eigenvalue weighted by molar-refractivity contribution is 6.08. The minimum atomic E-state index is -0.545. The molecule has 0 aliphatic carbocycles. The molecule has 2 N–H and O–H groups in total. The zero-order valence-electron chi connectivity index (χ0n) is 13.3. The van der Waals surface area contributed by atoms with E-state index in [-0.39, 0.29) is 5.91 Å². The zero-order chi connectivity index (χ0) is 16.4. The highest BCUT2D eigenvalue weighted by Gasteiger charge is 2.24. The summed E-state index contributed by atoms with van der Waals surface area (Å²) < 4.78 is 0. The molecule has 4 nitrogen and oxygen atoms in total. The normalized spacial score (nSPS) is 10.4. The quantitative estimate of drug-likeness (QED) is 0.943. The van der Waals surface area contributed by atoms with E-state index in [1.807, 2.05) is 45.0 Å². The summed E-state index contributed by atoms with van der Waals surface area (Å²) in [5.74, 6) is -0.703. The lowest BCUT2D eigenvalue weighted by molar-refractivity contribution is -0.115. The van der Waals surface area contributed by atoms with Crippen molar-refractivity contribution in [2.45, 2.75) is 27.7 Å². The standard InChI is InChI=1S/C18H20N2O2/c1-11-7-5-8-12(2)16(11)20(14(4)21)17-13(3)9-6-10-15(17)18(19)22/h5-10H,1-4H3,(H2,19,22). The van der Waals surface area contributed by atoms with E-state index in [0.717, 1.165) is 22.4 Å². The van der Waals surface area contributed by atoms with Gasteiger partial charge in [-0.05, 0) is 43.5 Å². The summed E-state index contributed by atoms with van der Waals surface area (Å²) in [7, 11) is 0. The summed E-state index contributed by atoms with van der Waals surface area (Å²) in [6.45, 7) is 7.25. The van der Waals surface area contributed by atoms with Crippen LogP contribution in [0, 0.1) is 20.8 Å². The molecule has 4 heteroatoms. The van der Waals surface area contributed by atoms with Crippen molar-refractivity contribution >= 4 is 23.2 Å². The SMILES string of the molecule is CC(=O)N(c1c(C)cccc1C)c1c(C)cccc1C(N)=O. The summed E-state index contributed by atoms with van der Waals surface area (Å²) >= 11 is 0. The van der Waals surface area contributed by atoms with Gasteiger partial charge in [0.1, 0.15) is 0 Å². The third-order valence-electron chi connectivity index (χ3n) is 3.70. The van der Waals surface area contributed by atoms with Gasteiger partial charge >= 0.3 is 0 Å². The highest BCUT2D eigenvalue weighted by Crippen LogP contribution is 2.35. The summed E-state index contributed by atoms with van der Waals surface area (Å²) in [4.78, 5) is 25.7. The molecule has 114 valence electrons. The Morgan fingerprint density at radius 1 is 0.864 bits per heavy atom. The lowest BCUT2D eigenvalue weighted by Gasteiger charge is -2.28. The second kappa shape index (κ2) is 6.02. The number of nitrogens with two attached hydrogens (primary N) is 1. The van der Waals surface area contributed by atoms with Gasteiger partial charge in [-0.1, -0.05) is 30.3 Å². The van der Waals surface area contributed by atoms with Crippen molar-refractivity contribution in [2.24, 2.45) is 5.73 Å². The molecule has 0 fully saturated rings. The van der Waals surface area contributed by atoms with E-state index in [1.54, 1.807) is 17.0 Å². The van der Waals surface area contributed by atoms with E-state index in [9.17, 15) is 9.59 Å². The van der Waals surface area contributed by atoms with Crippen LogP contribution in [0.5, 0.6) is 0 Å². The monoisotopic (exact) mass is 296 g/mol. The molecule has 0 aromatic heterocycles. The fraction of sp³-hybridized carbons (Fsp3) is 0.222. The smallest absolute Gasteiger partial charge is 0.250 e. The third kappa shape index (κ3) is 2.72. The fourth-order valence-corrected chi connectivity index (χ4v) is 2.74. The number of carbonyl (C=O) groups is 2. The number of para-hydroxylation sites is 2. The Bertz CT molecular complexity index is 730. The number of aryl methyl sites for hydroxylation is 3. The number of rotatable bonds is 3. The average molecular weight is 296 g/mol. The molecule has 0 atom stereocenters. The van der Waals surface area contributed by atoms with Crippen molar-refractivity contribution in [2.75, 3.05) is 4.90 Å². The first-order valence-corrected chi connectivity index (χ1v) is 7.11. The summed E-state index contributed by atoms with van der Waals surface area (Å²) in [6.07, 6.45) is 0. The summed E-state index contributed by atoms with van der Waals surface area (Å²) in [6, 6.07) is 11.1. The topological polar surface area (TPSA) is 63.4 Å². The largest absolute Gasteiger partial charge is 0.366 e. The van der Waals surface area contributed by atoms with Crippen LogP contribution < -0.4 is 10.6 Å². The van der Waals surface area contributed by atoms with E-state index in [2.05, 4.69) is 0 Å². The number of hydrogen-bond donors (Lipinski definition) is 1. The van der Waals surface area contributed by atoms with Gasteiger partial charge in [-0.15, -0.1) is 0 Å². The number of amides is 2. The van der Waals surface area contributed by atoms with Crippen LogP contribution in [0.1, 0.15) is 34.0 Å². The second-order valence-electron chi connectivity index (χ2n) is 5.43. The molecule has 2 aromatic carbocycles. The Balaban J connectivity index is 2.81. The maximum absolute atomic E-state index is 12.4. The first-order chi connectivity index (χ1) is 10.3. The average Bonchev–Trinajstić information content (AvgIpc) is 2.43. The van der Waals surface area contributed by atoms with Gasteiger partial charge in [-0.2, -0.15) is 0 Å². The number of nitrogens with zero attached hydrogens (tertiary/aromatic N) is 1. The van der Waals surface area contributed by atoms with Crippen LogP contribution in [0.15, 0.2) is 36.4 Å². The summed E-state index contributed by atoms with van der Waals surface area (Å²) in [5.41, 5.74) is 9.96. The van der Waals surface area contributed by atoms with Crippen molar-refractivity contribution in [3.05, 3.63) is 58.7 Å². The van der Waals surface area contributed by atoms with Gasteiger partial charge in [0.25, 0.3) is 5.91 Å². The van der Waals surface area contributed by atoms with Gasteiger partial charge < -0.3 is 5.73 Å². The van der Waals surface area contributed by atoms with Crippen molar-refractivity contribution in [1.29, 1.82) is 0 Å². The molecular formula is C18H20N2O2. The maximum Gasteiger partial charge on any atom is 0.250 e. The van der Waals surface area contributed by atoms with Crippen molar-refractivity contribution < 1.29 is 9.59 Å². The fourth-order valence-electron chi connectivity index (χ4n) is 2.74. The lowest BCUT2D eigenvalue weighted by atomic mass is 10.0. The minimum Gasteiger partial charge on any atom is -0.366 e. The molecule has 0 radical (unpaired) electrons. The molecule has 2 rings (SSSR count). The molecule has 0 saturated heterocycles. The van der Waals surface area contributed by atoms with Crippen LogP contribution in [-0.4, -0.2) is 11.8 Å². The van der Waals surface area contributed by atoms with Crippen LogP contribution in [0.2, 0.25) is 0 Å². The Morgan fingerprint density at radius 2 is 1.32 bits per heavy atom. The molecule has 0 unspecified atom stereocenters. The van der Waals surface area contributed by atoms with Gasteiger partial charge in [0.2, 0.25) is 5.91 Å². The van der Waals surface area contributed by atoms with Gasteiger partial charge in [-0.25, -0.2) is 0 Å². The first kappa shape index (κ1) is 15.8. The van der Waals surface area contributed by atoms with Crippen LogP contribution in [0.3, 0.4) is 0 Å². The third-order valence-corrected chi connectivity index (χ3v) is 3.70. The van der Waals surface area contributed by atoms with Crippen LogP contribution >= 0.6 is 0 Å². The number of primary amides is 1. The van der Waals surface area contributed by atoms with E-state index >= 15 is 0 Å². The Kier molecular flexibility index (Phi) is 4.31. The number of anilines is 2. The minimum absolute atomic E-state index is 0.158. The summed E-state index contributed by atoms with van der Waals surface area (Å²) in [5, 5.41) is 0. The molecular weight excluding hydrogens is 276 g/mol. The number of hydrogen-bond acceptors (Lipinski definition) is 2. The second-order valence-corrected chi connectivity index (χ2v) is 5.43. The molecule has 2 amide bonds. The van der Waals surface area contributed by atoms with E-state index in [0.29, 0.717) is 11.3 Å². The van der Waals surface area contributed by atoms with Gasteiger partial charge in [0, 0.05) is 6.92 Å². The number of carbonyl (C=O) groups excluding carboxylic acids is 2. The Hall–Kier alpha value is -2.62. The molecule has 0 aliphatic heterocycles. The van der Waals surface area contributed by atoms with Gasteiger partial charge in [0.15, 0.2) is 0 Å².